The molecule has 4 heterocycles. The van der Waals surface area contributed by atoms with Crippen molar-refractivity contribution in [3.05, 3.63) is 63.9 Å². The van der Waals surface area contributed by atoms with Gasteiger partial charge in [-0.2, -0.15) is 0 Å². The molecule has 1 aromatic carbocycles. The molecular formula is C22H21BrClN5O3. The first kappa shape index (κ1) is 21.2. The summed E-state index contributed by atoms with van der Waals surface area (Å²) in [5.41, 5.74) is 1.64. The number of carbonyl (C=O) groups is 2. The van der Waals surface area contributed by atoms with E-state index in [-0.39, 0.29) is 31.0 Å². The van der Waals surface area contributed by atoms with Gasteiger partial charge in [-0.3, -0.25) is 14.1 Å². The van der Waals surface area contributed by atoms with Crippen molar-refractivity contribution >= 4 is 45.0 Å². The monoisotopic (exact) mass is 517 g/mol. The van der Waals surface area contributed by atoms with Gasteiger partial charge in [-0.1, -0.05) is 41.9 Å². The zero-order valence-corrected chi connectivity index (χ0v) is 19.5. The molecule has 0 N–H and O–H groups in total. The molecular weight excluding hydrogens is 498 g/mol. The lowest BCUT2D eigenvalue weighted by atomic mass is 9.90. The van der Waals surface area contributed by atoms with Crippen LogP contribution >= 0.6 is 27.5 Å². The molecule has 2 amide bonds. The largest absolute Gasteiger partial charge is 0.445 e. The number of fused-ring (bicyclic) bond motifs is 2. The third-order valence-corrected chi connectivity index (χ3v) is 6.94. The number of amides is 2. The van der Waals surface area contributed by atoms with Crippen molar-refractivity contribution < 1.29 is 14.3 Å². The van der Waals surface area contributed by atoms with Crippen LogP contribution in [0.2, 0.25) is 5.15 Å². The second-order valence-corrected chi connectivity index (χ2v) is 9.20. The number of carbonyl (C=O) groups excluding carboxylic acids is 2. The Labute approximate surface area is 198 Å². The zero-order valence-electron chi connectivity index (χ0n) is 17.2. The van der Waals surface area contributed by atoms with Gasteiger partial charge in [0.05, 0.1) is 0 Å². The summed E-state index contributed by atoms with van der Waals surface area (Å²) < 4.78 is 8.01. The second-order valence-electron chi connectivity index (χ2n) is 8.09. The van der Waals surface area contributed by atoms with Crippen molar-refractivity contribution in [3.63, 3.8) is 0 Å². The van der Waals surface area contributed by atoms with Gasteiger partial charge in [-0.05, 0) is 34.3 Å². The van der Waals surface area contributed by atoms with Gasteiger partial charge in [0.1, 0.15) is 29.1 Å². The second kappa shape index (κ2) is 8.71. The Bertz CT molecular complexity index is 1170. The molecule has 2 aliphatic rings. The number of benzene rings is 1. The van der Waals surface area contributed by atoms with Gasteiger partial charge in [0, 0.05) is 37.4 Å². The topological polar surface area (TPSA) is 80.0 Å². The maximum atomic E-state index is 12.9. The number of imidazole rings is 1. The molecule has 5 rings (SSSR count). The summed E-state index contributed by atoms with van der Waals surface area (Å²) in [5, 5.41) is 0.380. The minimum Gasteiger partial charge on any atom is -0.445 e. The highest BCUT2D eigenvalue weighted by Crippen LogP contribution is 2.35. The molecule has 0 aliphatic carbocycles. The number of hydrogen-bond acceptors (Lipinski definition) is 5. The Morgan fingerprint density at radius 3 is 2.84 bits per heavy atom. The molecule has 2 saturated heterocycles. The summed E-state index contributed by atoms with van der Waals surface area (Å²) in [5.74, 6) is 0.860. The lowest BCUT2D eigenvalue weighted by molar-refractivity contribution is -0.141. The molecule has 8 nitrogen and oxygen atoms in total. The third kappa shape index (κ3) is 3.95. The number of piperidine rings is 1. The smallest absolute Gasteiger partial charge is 0.410 e. The van der Waals surface area contributed by atoms with Crippen LogP contribution < -0.4 is 0 Å². The zero-order chi connectivity index (χ0) is 22.2. The summed E-state index contributed by atoms with van der Waals surface area (Å²) >= 11 is 9.72. The van der Waals surface area contributed by atoms with E-state index in [9.17, 15) is 9.59 Å². The van der Waals surface area contributed by atoms with Gasteiger partial charge in [0.2, 0.25) is 5.91 Å². The van der Waals surface area contributed by atoms with Crippen LogP contribution in [0.5, 0.6) is 0 Å². The van der Waals surface area contributed by atoms with E-state index in [0.717, 1.165) is 29.7 Å². The van der Waals surface area contributed by atoms with Crippen LogP contribution in [-0.2, 0) is 16.1 Å². The van der Waals surface area contributed by atoms with E-state index in [1.807, 2.05) is 45.8 Å². The molecule has 2 unspecified atom stereocenters. The number of nitrogens with zero attached hydrogens (tertiary/aromatic N) is 5. The van der Waals surface area contributed by atoms with Crippen molar-refractivity contribution in [3.8, 4) is 0 Å². The first-order valence-corrected chi connectivity index (χ1v) is 11.6. The molecule has 0 spiro atoms. The molecule has 2 fully saturated rings. The number of hydrogen-bond donors (Lipinski definition) is 0. The molecule has 0 radical (unpaired) electrons. The van der Waals surface area contributed by atoms with Gasteiger partial charge in [-0.15, -0.1) is 0 Å². The average molecular weight is 519 g/mol. The fourth-order valence-electron chi connectivity index (χ4n) is 4.53. The SMILES string of the molecule is O=C(OCc1ccccc1)N1CC(=O)N2CC(c3nc(Br)c4c(Cl)nccn34)CCC2C1. The predicted octanol–water partition coefficient (Wildman–Crippen LogP) is 3.87. The van der Waals surface area contributed by atoms with E-state index in [1.54, 1.807) is 6.20 Å². The molecule has 0 bridgehead atoms. The maximum Gasteiger partial charge on any atom is 0.410 e. The lowest BCUT2D eigenvalue weighted by Crippen LogP contribution is -2.60. The average Bonchev–Trinajstić information content (AvgIpc) is 3.15. The fraction of sp³-hybridized carbons (Fsp3) is 0.364. The first-order chi connectivity index (χ1) is 15.5. The van der Waals surface area contributed by atoms with E-state index in [2.05, 4.69) is 25.9 Å². The van der Waals surface area contributed by atoms with Gasteiger partial charge in [-0.25, -0.2) is 14.8 Å². The minimum absolute atomic E-state index is 0.0169. The van der Waals surface area contributed by atoms with Gasteiger partial charge >= 0.3 is 6.09 Å². The highest BCUT2D eigenvalue weighted by atomic mass is 79.9. The quantitative estimate of drug-likeness (QED) is 0.526. The molecule has 0 saturated carbocycles. The lowest BCUT2D eigenvalue weighted by Gasteiger charge is -2.45. The predicted molar refractivity (Wildman–Crippen MR) is 121 cm³/mol. The molecule has 3 aromatic rings. The van der Waals surface area contributed by atoms with Crippen LogP contribution in [0.3, 0.4) is 0 Å². The molecule has 166 valence electrons. The Balaban J connectivity index is 1.26. The third-order valence-electron chi connectivity index (χ3n) is 6.11. The van der Waals surface area contributed by atoms with E-state index < -0.39 is 6.09 Å². The molecule has 2 aliphatic heterocycles. The summed E-state index contributed by atoms with van der Waals surface area (Å²) in [6, 6.07) is 9.50. The number of halogens is 2. The van der Waals surface area contributed by atoms with Crippen LogP contribution in [0.15, 0.2) is 47.3 Å². The Morgan fingerprint density at radius 2 is 2.03 bits per heavy atom. The first-order valence-electron chi connectivity index (χ1n) is 10.4. The van der Waals surface area contributed by atoms with Gasteiger partial charge in [0.25, 0.3) is 0 Å². The molecule has 2 aromatic heterocycles. The van der Waals surface area contributed by atoms with Crippen molar-refractivity contribution in [1.82, 2.24) is 24.2 Å². The van der Waals surface area contributed by atoms with Crippen molar-refractivity contribution in [2.45, 2.75) is 31.4 Å². The number of rotatable bonds is 3. The van der Waals surface area contributed by atoms with Crippen molar-refractivity contribution in [2.75, 3.05) is 19.6 Å². The highest BCUT2D eigenvalue weighted by molar-refractivity contribution is 9.10. The Kier molecular flexibility index (Phi) is 5.77. The fourth-order valence-corrected chi connectivity index (χ4v) is 5.44. The van der Waals surface area contributed by atoms with Crippen molar-refractivity contribution in [2.24, 2.45) is 0 Å². The van der Waals surface area contributed by atoms with Crippen LogP contribution in [0, 0.1) is 0 Å². The minimum atomic E-state index is -0.450. The van der Waals surface area contributed by atoms with E-state index in [0.29, 0.717) is 22.8 Å². The van der Waals surface area contributed by atoms with Gasteiger partial charge in [0.15, 0.2) is 5.15 Å². The molecule has 32 heavy (non-hydrogen) atoms. The summed E-state index contributed by atoms with van der Waals surface area (Å²) in [6.07, 6.45) is 4.66. The van der Waals surface area contributed by atoms with Crippen LogP contribution in [0.25, 0.3) is 5.52 Å². The maximum absolute atomic E-state index is 12.9. The number of piperazine rings is 1. The summed E-state index contributed by atoms with van der Waals surface area (Å²) in [6.45, 7) is 1.26. The summed E-state index contributed by atoms with van der Waals surface area (Å²) in [7, 11) is 0. The number of ether oxygens (including phenoxy) is 1. The van der Waals surface area contributed by atoms with Gasteiger partial charge < -0.3 is 9.64 Å². The highest BCUT2D eigenvalue weighted by Gasteiger charge is 2.40. The van der Waals surface area contributed by atoms with E-state index in [4.69, 9.17) is 16.3 Å². The molecule has 2 atom stereocenters. The van der Waals surface area contributed by atoms with E-state index in [1.165, 1.54) is 4.90 Å². The van der Waals surface area contributed by atoms with Crippen LogP contribution in [0.1, 0.15) is 30.1 Å². The van der Waals surface area contributed by atoms with Crippen LogP contribution in [0.4, 0.5) is 4.79 Å². The van der Waals surface area contributed by atoms with E-state index >= 15 is 0 Å². The van der Waals surface area contributed by atoms with Crippen LogP contribution in [-0.4, -0.2) is 61.8 Å². The number of aromatic nitrogens is 3. The Hall–Kier alpha value is -2.65. The normalized spacial score (nSPS) is 21.0. The Morgan fingerprint density at radius 1 is 1.22 bits per heavy atom. The summed E-state index contributed by atoms with van der Waals surface area (Å²) in [4.78, 5) is 37.7. The standard InChI is InChI=1S/C22H21BrClN5O3/c23-19-18-20(24)25-8-9-28(18)21(26-19)15-6-7-16-11-27(12-17(30)29(16)10-15)22(31)32-13-14-4-2-1-3-5-14/h1-5,8-9,15-16H,6-7,10-13H2. The molecule has 10 heteroatoms. The van der Waals surface area contributed by atoms with Crippen molar-refractivity contribution in [1.29, 1.82) is 0 Å².